The minimum absolute atomic E-state index is 0. The Morgan fingerprint density at radius 2 is 2.14 bits per heavy atom. The molecule has 0 aliphatic heterocycles. The molecule has 2 aromatic rings. The van der Waals surface area contributed by atoms with Crippen molar-refractivity contribution in [2.24, 2.45) is 10.9 Å². The van der Waals surface area contributed by atoms with Crippen LogP contribution in [0.3, 0.4) is 0 Å². The number of aromatic nitrogens is 2. The summed E-state index contributed by atoms with van der Waals surface area (Å²) < 4.78 is 7.92. The monoisotopic (exact) mass is 511 g/mol. The standard InChI is InChI=1S/C22H33N5O.HI/c1-4-23-22(26(3)12-13-28-17-19-8-9-19)25-15-20-6-5-7-21(14-20)16-27-11-10-24-18(27)2;/h5-7,10-11,14,19H,4,8-9,12-13,15-17H2,1-3H3,(H,23,25);1H. The molecule has 1 aliphatic rings. The van der Waals surface area contributed by atoms with Crippen molar-refractivity contribution in [1.82, 2.24) is 19.8 Å². The van der Waals surface area contributed by atoms with Gasteiger partial charge in [0.15, 0.2) is 5.96 Å². The van der Waals surface area contributed by atoms with E-state index in [-0.39, 0.29) is 24.0 Å². The predicted octanol–water partition coefficient (Wildman–Crippen LogP) is 3.68. The fraction of sp³-hybridized carbons (Fsp3) is 0.545. The lowest BCUT2D eigenvalue weighted by molar-refractivity contribution is 0.115. The van der Waals surface area contributed by atoms with Crippen LogP contribution in [0, 0.1) is 12.8 Å². The Morgan fingerprint density at radius 3 is 2.83 bits per heavy atom. The number of imidazole rings is 1. The minimum atomic E-state index is 0. The highest BCUT2D eigenvalue weighted by Gasteiger charge is 2.21. The zero-order valence-corrected chi connectivity index (χ0v) is 20.1. The number of nitrogens with zero attached hydrogens (tertiary/aromatic N) is 4. The number of aryl methyl sites for hydroxylation is 1. The van der Waals surface area contributed by atoms with Crippen molar-refractivity contribution in [1.29, 1.82) is 0 Å². The Balaban J connectivity index is 0.00000300. The Hall–Kier alpha value is -1.61. The van der Waals surface area contributed by atoms with Crippen LogP contribution in [0.1, 0.15) is 36.7 Å². The molecule has 3 rings (SSSR count). The van der Waals surface area contributed by atoms with E-state index in [1.807, 2.05) is 19.3 Å². The van der Waals surface area contributed by atoms with Crippen LogP contribution in [0.2, 0.25) is 0 Å². The normalized spacial score (nSPS) is 13.8. The topological polar surface area (TPSA) is 54.7 Å². The molecule has 0 saturated heterocycles. The summed E-state index contributed by atoms with van der Waals surface area (Å²) in [5.74, 6) is 2.77. The second-order valence-corrected chi connectivity index (χ2v) is 7.53. The van der Waals surface area contributed by atoms with E-state index in [4.69, 9.17) is 9.73 Å². The third-order valence-electron chi connectivity index (χ3n) is 5.00. The van der Waals surface area contributed by atoms with E-state index in [9.17, 15) is 0 Å². The van der Waals surface area contributed by atoms with Gasteiger partial charge in [0.2, 0.25) is 0 Å². The van der Waals surface area contributed by atoms with Gasteiger partial charge in [-0.25, -0.2) is 9.98 Å². The molecule has 0 bridgehead atoms. The van der Waals surface area contributed by atoms with E-state index in [1.165, 1.54) is 24.0 Å². The Bertz CT molecular complexity index is 772. The van der Waals surface area contributed by atoms with Crippen LogP contribution in [0.25, 0.3) is 0 Å². The van der Waals surface area contributed by atoms with Gasteiger partial charge in [0.1, 0.15) is 5.82 Å². The van der Waals surface area contributed by atoms with Crippen LogP contribution in [-0.2, 0) is 17.8 Å². The quantitative estimate of drug-likeness (QED) is 0.229. The molecule has 1 saturated carbocycles. The molecule has 1 heterocycles. The largest absolute Gasteiger partial charge is 0.379 e. The molecule has 0 atom stereocenters. The number of ether oxygens (including phenoxy) is 1. The lowest BCUT2D eigenvalue weighted by atomic mass is 10.1. The van der Waals surface area contributed by atoms with E-state index in [0.717, 1.165) is 50.5 Å². The van der Waals surface area contributed by atoms with Gasteiger partial charge in [-0.1, -0.05) is 24.3 Å². The van der Waals surface area contributed by atoms with Gasteiger partial charge in [0.25, 0.3) is 0 Å². The SMILES string of the molecule is CCNC(=NCc1cccc(Cn2ccnc2C)c1)N(C)CCOCC1CC1.I. The number of nitrogens with one attached hydrogen (secondary N) is 1. The van der Waals surface area contributed by atoms with Gasteiger partial charge < -0.3 is 19.5 Å². The van der Waals surface area contributed by atoms with Gasteiger partial charge in [0, 0.05) is 45.7 Å². The van der Waals surface area contributed by atoms with Gasteiger partial charge in [0.05, 0.1) is 13.2 Å². The van der Waals surface area contributed by atoms with Gasteiger partial charge in [-0.05, 0) is 43.7 Å². The summed E-state index contributed by atoms with van der Waals surface area (Å²) in [7, 11) is 2.07. The predicted molar refractivity (Wildman–Crippen MR) is 129 cm³/mol. The zero-order valence-electron chi connectivity index (χ0n) is 17.8. The molecule has 6 nitrogen and oxygen atoms in total. The first kappa shape index (κ1) is 23.7. The minimum Gasteiger partial charge on any atom is -0.379 e. The fourth-order valence-electron chi connectivity index (χ4n) is 3.07. The molecule has 1 fully saturated rings. The maximum absolute atomic E-state index is 5.76. The van der Waals surface area contributed by atoms with Crippen molar-refractivity contribution in [2.45, 2.75) is 39.8 Å². The van der Waals surface area contributed by atoms with Crippen LogP contribution < -0.4 is 5.32 Å². The number of hydrogen-bond acceptors (Lipinski definition) is 3. The molecule has 0 unspecified atom stereocenters. The van der Waals surface area contributed by atoms with Gasteiger partial charge in [-0.15, -0.1) is 24.0 Å². The van der Waals surface area contributed by atoms with Crippen molar-refractivity contribution in [3.63, 3.8) is 0 Å². The molecule has 1 aromatic heterocycles. The van der Waals surface area contributed by atoms with Crippen LogP contribution in [0.4, 0.5) is 0 Å². The van der Waals surface area contributed by atoms with Gasteiger partial charge >= 0.3 is 0 Å². The summed E-state index contributed by atoms with van der Waals surface area (Å²) in [5, 5.41) is 3.38. The first-order chi connectivity index (χ1) is 13.7. The number of guanidine groups is 1. The molecule has 7 heteroatoms. The maximum atomic E-state index is 5.76. The van der Waals surface area contributed by atoms with Crippen LogP contribution in [-0.4, -0.2) is 53.8 Å². The Kier molecular flexibility index (Phi) is 9.93. The summed E-state index contributed by atoms with van der Waals surface area (Å²) in [4.78, 5) is 11.3. The van der Waals surface area contributed by atoms with E-state index in [1.54, 1.807) is 0 Å². The summed E-state index contributed by atoms with van der Waals surface area (Å²) >= 11 is 0. The molecular formula is C22H34IN5O. The molecule has 1 aliphatic carbocycles. The number of rotatable bonds is 10. The molecule has 0 spiro atoms. The molecule has 160 valence electrons. The average molecular weight is 511 g/mol. The molecule has 29 heavy (non-hydrogen) atoms. The second-order valence-electron chi connectivity index (χ2n) is 7.53. The highest BCUT2D eigenvalue weighted by Crippen LogP contribution is 2.28. The van der Waals surface area contributed by atoms with Crippen LogP contribution >= 0.6 is 24.0 Å². The highest BCUT2D eigenvalue weighted by molar-refractivity contribution is 14.0. The van der Waals surface area contributed by atoms with Crippen molar-refractivity contribution in [2.75, 3.05) is 33.4 Å². The number of halogens is 1. The van der Waals surface area contributed by atoms with Crippen molar-refractivity contribution in [3.05, 3.63) is 53.6 Å². The van der Waals surface area contributed by atoms with E-state index in [0.29, 0.717) is 6.54 Å². The van der Waals surface area contributed by atoms with Gasteiger partial charge in [-0.3, -0.25) is 0 Å². The van der Waals surface area contributed by atoms with Crippen molar-refractivity contribution >= 4 is 29.9 Å². The van der Waals surface area contributed by atoms with Crippen molar-refractivity contribution < 1.29 is 4.74 Å². The molecule has 0 radical (unpaired) electrons. The lowest BCUT2D eigenvalue weighted by Crippen LogP contribution is -2.40. The van der Waals surface area contributed by atoms with Gasteiger partial charge in [-0.2, -0.15) is 0 Å². The number of aliphatic imine (C=N–C) groups is 1. The molecular weight excluding hydrogens is 477 g/mol. The maximum Gasteiger partial charge on any atom is 0.194 e. The molecule has 0 amide bonds. The molecule has 1 aromatic carbocycles. The first-order valence-corrected chi connectivity index (χ1v) is 10.3. The van der Waals surface area contributed by atoms with E-state index < -0.39 is 0 Å². The van der Waals surface area contributed by atoms with E-state index >= 15 is 0 Å². The third-order valence-corrected chi connectivity index (χ3v) is 5.00. The van der Waals surface area contributed by atoms with Crippen LogP contribution in [0.5, 0.6) is 0 Å². The first-order valence-electron chi connectivity index (χ1n) is 10.3. The smallest absolute Gasteiger partial charge is 0.194 e. The van der Waals surface area contributed by atoms with Crippen molar-refractivity contribution in [3.8, 4) is 0 Å². The number of benzene rings is 1. The Morgan fingerprint density at radius 1 is 1.34 bits per heavy atom. The fourth-order valence-corrected chi connectivity index (χ4v) is 3.07. The summed E-state index contributed by atoms with van der Waals surface area (Å²) in [5.41, 5.74) is 2.48. The lowest BCUT2D eigenvalue weighted by Gasteiger charge is -2.22. The van der Waals surface area contributed by atoms with E-state index in [2.05, 4.69) is 58.0 Å². The van der Waals surface area contributed by atoms with Crippen LogP contribution in [0.15, 0.2) is 41.7 Å². The summed E-state index contributed by atoms with van der Waals surface area (Å²) in [6.07, 6.45) is 6.53. The highest BCUT2D eigenvalue weighted by atomic mass is 127. The number of likely N-dealkylation sites (N-methyl/N-ethyl adjacent to an activating group) is 1. The Labute approximate surface area is 191 Å². The summed E-state index contributed by atoms with van der Waals surface area (Å²) in [6.45, 7) is 8.97. The zero-order chi connectivity index (χ0) is 19.8. The third kappa shape index (κ3) is 7.97. The average Bonchev–Trinajstić information content (AvgIpc) is 3.44. The summed E-state index contributed by atoms with van der Waals surface area (Å²) in [6, 6.07) is 8.62. The second kappa shape index (κ2) is 12.2. The number of hydrogen-bond donors (Lipinski definition) is 1. The molecule has 1 N–H and O–H groups in total.